The molecular weight excluding hydrogens is 211 g/mol. The minimum absolute atomic E-state index is 0.160. The van der Waals surface area contributed by atoms with Gasteiger partial charge in [0, 0.05) is 5.02 Å². The Labute approximate surface area is 85.1 Å². The van der Waals surface area contributed by atoms with Crippen LogP contribution in [0.2, 0.25) is 5.02 Å². The predicted octanol–water partition coefficient (Wildman–Crippen LogP) is 2.24. The summed E-state index contributed by atoms with van der Waals surface area (Å²) >= 11 is 5.74. The molecule has 0 bridgehead atoms. The van der Waals surface area contributed by atoms with Crippen LogP contribution in [0, 0.1) is 0 Å². The van der Waals surface area contributed by atoms with Gasteiger partial charge >= 0.3 is 5.97 Å². The van der Waals surface area contributed by atoms with Gasteiger partial charge in [0.1, 0.15) is 0 Å². The Balaban J connectivity index is 2.54. The van der Waals surface area contributed by atoms with Crippen molar-refractivity contribution in [2.24, 2.45) is 0 Å². The van der Waals surface area contributed by atoms with Crippen LogP contribution in [0.4, 0.5) is 4.39 Å². The Kier molecular flexibility index (Phi) is 3.85. The van der Waals surface area contributed by atoms with Crippen molar-refractivity contribution < 1.29 is 19.0 Å². The van der Waals surface area contributed by atoms with E-state index in [1.807, 2.05) is 0 Å². The largest absolute Gasteiger partial charge is 0.477 e. The van der Waals surface area contributed by atoms with Crippen LogP contribution in [0.1, 0.15) is 5.56 Å². The van der Waals surface area contributed by atoms with Gasteiger partial charge < -0.3 is 9.84 Å². The molecule has 1 rings (SSSR count). The normalized spacial score (nSPS) is 12.4. The van der Waals surface area contributed by atoms with Crippen molar-refractivity contribution >= 4 is 17.6 Å². The fourth-order valence-corrected chi connectivity index (χ4v) is 1.04. The van der Waals surface area contributed by atoms with Gasteiger partial charge in [-0.3, -0.25) is 0 Å². The number of carboxylic acids is 1. The number of ether oxygens (including phenoxy) is 1. The first-order chi connectivity index (χ1) is 6.61. The molecule has 0 fully saturated rings. The van der Waals surface area contributed by atoms with Crippen molar-refractivity contribution in [3.8, 4) is 0 Å². The van der Waals surface area contributed by atoms with E-state index in [4.69, 9.17) is 16.7 Å². The first kappa shape index (κ1) is 10.9. The zero-order valence-electron chi connectivity index (χ0n) is 7.11. The van der Waals surface area contributed by atoms with Gasteiger partial charge in [-0.25, -0.2) is 9.18 Å². The van der Waals surface area contributed by atoms with Gasteiger partial charge in [-0.15, -0.1) is 0 Å². The number of halogens is 2. The van der Waals surface area contributed by atoms with E-state index in [1.54, 1.807) is 24.3 Å². The van der Waals surface area contributed by atoms with E-state index in [0.29, 0.717) is 10.6 Å². The van der Waals surface area contributed by atoms with Crippen molar-refractivity contribution in [2.75, 3.05) is 0 Å². The molecule has 1 N–H and O–H groups in total. The summed E-state index contributed by atoms with van der Waals surface area (Å²) in [6.07, 6.45) is -2.31. The summed E-state index contributed by atoms with van der Waals surface area (Å²) in [6, 6.07) is 6.68. The monoisotopic (exact) mass is 218 g/mol. The average molecular weight is 219 g/mol. The molecule has 0 saturated heterocycles. The number of hydrogen-bond donors (Lipinski definition) is 1. The quantitative estimate of drug-likeness (QED) is 0.843. The second kappa shape index (κ2) is 4.93. The minimum Gasteiger partial charge on any atom is -0.477 e. The maximum absolute atomic E-state index is 12.5. The number of carboxylic acid groups (broad SMARTS) is 1. The second-order valence-corrected chi connectivity index (χ2v) is 2.96. The molecule has 0 saturated carbocycles. The van der Waals surface area contributed by atoms with Gasteiger partial charge in [0.15, 0.2) is 0 Å². The van der Waals surface area contributed by atoms with E-state index < -0.39 is 12.3 Å². The molecule has 3 nitrogen and oxygen atoms in total. The summed E-state index contributed by atoms with van der Waals surface area (Å²) in [6.45, 7) is -0.160. The lowest BCUT2D eigenvalue weighted by Gasteiger charge is -2.06. The lowest BCUT2D eigenvalue weighted by Crippen LogP contribution is -2.18. The molecule has 14 heavy (non-hydrogen) atoms. The van der Waals surface area contributed by atoms with E-state index in [0.717, 1.165) is 0 Å². The Morgan fingerprint density at radius 1 is 1.57 bits per heavy atom. The molecule has 1 atom stereocenters. The van der Waals surface area contributed by atoms with Crippen molar-refractivity contribution in [1.82, 2.24) is 0 Å². The lowest BCUT2D eigenvalue weighted by molar-refractivity contribution is -0.164. The Hall–Kier alpha value is -1.13. The highest BCUT2D eigenvalue weighted by Gasteiger charge is 2.16. The highest BCUT2D eigenvalue weighted by Crippen LogP contribution is 2.16. The average Bonchev–Trinajstić information content (AvgIpc) is 2.16. The summed E-state index contributed by atoms with van der Waals surface area (Å²) < 4.78 is 16.9. The van der Waals surface area contributed by atoms with E-state index in [1.165, 1.54) is 0 Å². The number of alkyl halides is 1. The van der Waals surface area contributed by atoms with Crippen molar-refractivity contribution in [2.45, 2.75) is 13.0 Å². The summed E-state index contributed by atoms with van der Waals surface area (Å²) in [5.41, 5.74) is 0.554. The molecule has 1 aromatic rings. The summed E-state index contributed by atoms with van der Waals surface area (Å²) in [5, 5.41) is 8.62. The third kappa shape index (κ3) is 2.97. The van der Waals surface area contributed by atoms with Crippen LogP contribution < -0.4 is 0 Å². The molecule has 0 amide bonds. The molecule has 0 aliphatic carbocycles. The molecule has 1 unspecified atom stereocenters. The van der Waals surface area contributed by atoms with Crippen LogP contribution in [-0.2, 0) is 16.1 Å². The van der Waals surface area contributed by atoms with Crippen molar-refractivity contribution in [1.29, 1.82) is 0 Å². The molecular formula is C9H8ClFO3. The van der Waals surface area contributed by atoms with Crippen molar-refractivity contribution in [3.05, 3.63) is 34.9 Å². The topological polar surface area (TPSA) is 46.5 Å². The number of aliphatic carboxylic acids is 1. The highest BCUT2D eigenvalue weighted by atomic mass is 35.5. The first-order valence-electron chi connectivity index (χ1n) is 3.83. The van der Waals surface area contributed by atoms with Crippen LogP contribution >= 0.6 is 11.6 Å². The summed E-state index contributed by atoms with van der Waals surface area (Å²) in [7, 11) is 0. The van der Waals surface area contributed by atoms with E-state index in [9.17, 15) is 9.18 Å². The third-order valence-electron chi connectivity index (χ3n) is 1.54. The smallest absolute Gasteiger partial charge is 0.366 e. The van der Waals surface area contributed by atoms with Gasteiger partial charge in [-0.2, -0.15) is 0 Å². The molecule has 5 heteroatoms. The van der Waals surface area contributed by atoms with Gasteiger partial charge in [0.2, 0.25) is 0 Å². The standard InChI is InChI=1S/C9H8ClFO3/c10-7-4-2-1-3-6(7)5-14-8(11)9(12)13/h1-4,8H,5H2,(H,12,13). The molecule has 0 spiro atoms. The van der Waals surface area contributed by atoms with Gasteiger partial charge in [-0.1, -0.05) is 29.8 Å². The van der Waals surface area contributed by atoms with E-state index in [2.05, 4.69) is 4.74 Å². The fraction of sp³-hybridized carbons (Fsp3) is 0.222. The van der Waals surface area contributed by atoms with E-state index in [-0.39, 0.29) is 6.61 Å². The SMILES string of the molecule is O=C(O)C(F)OCc1ccccc1Cl. The lowest BCUT2D eigenvalue weighted by atomic mass is 10.2. The summed E-state index contributed by atoms with van der Waals surface area (Å²) in [5.74, 6) is -1.64. The van der Waals surface area contributed by atoms with Gasteiger partial charge in [0.05, 0.1) is 6.61 Å². The zero-order valence-corrected chi connectivity index (χ0v) is 7.87. The number of rotatable bonds is 4. The minimum atomic E-state index is -2.31. The Morgan fingerprint density at radius 3 is 2.79 bits per heavy atom. The number of hydrogen-bond acceptors (Lipinski definition) is 2. The highest BCUT2D eigenvalue weighted by molar-refractivity contribution is 6.31. The Bertz CT molecular complexity index is 330. The van der Waals surface area contributed by atoms with Crippen LogP contribution in [0.25, 0.3) is 0 Å². The van der Waals surface area contributed by atoms with Gasteiger partial charge in [0.25, 0.3) is 6.36 Å². The summed E-state index contributed by atoms with van der Waals surface area (Å²) in [4.78, 5) is 10.1. The second-order valence-electron chi connectivity index (χ2n) is 2.56. The maximum atomic E-state index is 12.5. The number of benzene rings is 1. The molecule has 1 aromatic carbocycles. The van der Waals surface area contributed by atoms with Crippen LogP contribution in [0.5, 0.6) is 0 Å². The van der Waals surface area contributed by atoms with Crippen molar-refractivity contribution in [3.63, 3.8) is 0 Å². The number of carbonyl (C=O) groups is 1. The molecule has 76 valence electrons. The zero-order chi connectivity index (χ0) is 10.6. The molecule has 0 aliphatic heterocycles. The van der Waals surface area contributed by atoms with Crippen LogP contribution in [0.3, 0.4) is 0 Å². The maximum Gasteiger partial charge on any atom is 0.366 e. The molecule has 0 heterocycles. The first-order valence-corrected chi connectivity index (χ1v) is 4.21. The van der Waals surface area contributed by atoms with Crippen LogP contribution in [0.15, 0.2) is 24.3 Å². The molecule has 0 aliphatic rings. The van der Waals surface area contributed by atoms with Crippen LogP contribution in [-0.4, -0.2) is 17.4 Å². The Morgan fingerprint density at radius 2 is 2.21 bits per heavy atom. The predicted molar refractivity (Wildman–Crippen MR) is 48.8 cm³/mol. The fourth-order valence-electron chi connectivity index (χ4n) is 0.850. The third-order valence-corrected chi connectivity index (χ3v) is 1.91. The molecule has 0 aromatic heterocycles. The van der Waals surface area contributed by atoms with Gasteiger partial charge in [-0.05, 0) is 11.6 Å². The molecule has 0 radical (unpaired) electrons. The van der Waals surface area contributed by atoms with E-state index >= 15 is 0 Å².